The number of aliphatic hydroxyl groups is 1. The van der Waals surface area contributed by atoms with Crippen LogP contribution in [0.25, 0.3) is 10.9 Å². The van der Waals surface area contributed by atoms with E-state index in [4.69, 9.17) is 9.84 Å². The molecule has 1 amide bonds. The predicted octanol–water partition coefficient (Wildman–Crippen LogP) is 2.57. The Hall–Kier alpha value is -3.14. The van der Waals surface area contributed by atoms with Crippen LogP contribution in [-0.2, 0) is 23.9 Å². The minimum atomic E-state index is -4.38. The number of hydrogen-bond acceptors (Lipinski definition) is 5. The Labute approximate surface area is 170 Å². The third-order valence-electron chi connectivity index (χ3n) is 4.32. The Kier molecular flexibility index (Phi) is 6.88. The van der Waals surface area contributed by atoms with E-state index in [-0.39, 0.29) is 25.5 Å². The number of hydrogen-bond donors (Lipinski definition) is 2. The van der Waals surface area contributed by atoms with Gasteiger partial charge in [-0.05, 0) is 36.8 Å². The molecular formula is C20H21F3N4O3. The third-order valence-corrected chi connectivity index (χ3v) is 4.32. The van der Waals surface area contributed by atoms with Gasteiger partial charge in [-0.15, -0.1) is 0 Å². The maximum absolute atomic E-state index is 12.6. The molecule has 0 spiro atoms. The standard InChI is InChI=1S/C20H21F3N4O3/c21-20(22,23)14-2-4-15(5-3-14)30-11-9-27-13-16-17(26-27)6-8-24-18(16)12-19(29)25-7-1-10-28/h2-6,8,13,28H,1,7,9-12H2,(H,25,29). The summed E-state index contributed by atoms with van der Waals surface area (Å²) < 4.78 is 44.9. The van der Waals surface area contributed by atoms with E-state index in [1.807, 2.05) is 0 Å². The van der Waals surface area contributed by atoms with E-state index in [0.717, 1.165) is 17.5 Å². The van der Waals surface area contributed by atoms with Gasteiger partial charge in [-0.2, -0.15) is 18.3 Å². The SMILES string of the molecule is O=C(Cc1nccc2nn(CCOc3ccc(C(F)(F)F)cc3)cc12)NCCCO. The molecule has 0 radical (unpaired) electrons. The predicted molar refractivity (Wildman–Crippen MR) is 103 cm³/mol. The summed E-state index contributed by atoms with van der Waals surface area (Å²) in [6.45, 7) is 0.989. The van der Waals surface area contributed by atoms with E-state index in [1.54, 1.807) is 23.1 Å². The van der Waals surface area contributed by atoms with Crippen molar-refractivity contribution in [2.75, 3.05) is 19.8 Å². The molecule has 3 rings (SSSR count). The lowest BCUT2D eigenvalue weighted by Gasteiger charge is -2.09. The highest BCUT2D eigenvalue weighted by molar-refractivity contribution is 5.86. The number of amides is 1. The Morgan fingerprint density at radius 2 is 1.97 bits per heavy atom. The molecule has 0 aliphatic carbocycles. The summed E-state index contributed by atoms with van der Waals surface area (Å²) in [5.74, 6) is 0.142. The molecule has 0 unspecified atom stereocenters. The summed E-state index contributed by atoms with van der Waals surface area (Å²) in [6.07, 6.45) is -0.463. The number of carbonyl (C=O) groups is 1. The molecule has 0 atom stereocenters. The second-order valence-electron chi connectivity index (χ2n) is 6.56. The molecule has 2 N–H and O–H groups in total. The van der Waals surface area contributed by atoms with Crippen LogP contribution in [0.4, 0.5) is 13.2 Å². The van der Waals surface area contributed by atoms with Crippen LogP contribution in [0.15, 0.2) is 42.7 Å². The smallest absolute Gasteiger partial charge is 0.416 e. The van der Waals surface area contributed by atoms with E-state index in [9.17, 15) is 18.0 Å². The van der Waals surface area contributed by atoms with Crippen molar-refractivity contribution >= 4 is 16.8 Å². The van der Waals surface area contributed by atoms with Crippen LogP contribution in [0.3, 0.4) is 0 Å². The number of ether oxygens (including phenoxy) is 1. The van der Waals surface area contributed by atoms with Gasteiger partial charge >= 0.3 is 6.18 Å². The lowest BCUT2D eigenvalue weighted by Crippen LogP contribution is -2.26. The Bertz CT molecular complexity index is 987. The minimum absolute atomic E-state index is 0.00935. The number of nitrogens with one attached hydrogen (secondary N) is 1. The number of halogens is 3. The van der Waals surface area contributed by atoms with Crippen molar-refractivity contribution in [2.24, 2.45) is 0 Å². The first kappa shape index (κ1) is 21.6. The number of rotatable bonds is 9. The van der Waals surface area contributed by atoms with Crippen molar-refractivity contribution in [2.45, 2.75) is 25.6 Å². The first-order valence-corrected chi connectivity index (χ1v) is 9.35. The van der Waals surface area contributed by atoms with Crippen molar-refractivity contribution in [3.8, 4) is 5.75 Å². The fourth-order valence-corrected chi connectivity index (χ4v) is 2.82. The molecule has 160 valence electrons. The summed E-state index contributed by atoms with van der Waals surface area (Å²) in [5, 5.41) is 16.6. The topological polar surface area (TPSA) is 89.3 Å². The van der Waals surface area contributed by atoms with Crippen LogP contribution in [-0.4, -0.2) is 45.5 Å². The van der Waals surface area contributed by atoms with Gasteiger partial charge in [-0.1, -0.05) is 0 Å². The number of carbonyl (C=O) groups excluding carboxylic acids is 1. The van der Waals surface area contributed by atoms with E-state index in [1.165, 1.54) is 12.1 Å². The summed E-state index contributed by atoms with van der Waals surface area (Å²) >= 11 is 0. The molecular weight excluding hydrogens is 401 g/mol. The average molecular weight is 422 g/mol. The van der Waals surface area contributed by atoms with Crippen molar-refractivity contribution in [1.82, 2.24) is 20.1 Å². The maximum atomic E-state index is 12.6. The number of fused-ring (bicyclic) bond motifs is 1. The zero-order valence-corrected chi connectivity index (χ0v) is 16.0. The fourth-order valence-electron chi connectivity index (χ4n) is 2.82. The van der Waals surface area contributed by atoms with Crippen LogP contribution in [0, 0.1) is 0 Å². The average Bonchev–Trinajstić information content (AvgIpc) is 3.12. The van der Waals surface area contributed by atoms with Gasteiger partial charge in [0.25, 0.3) is 0 Å². The monoisotopic (exact) mass is 422 g/mol. The molecule has 0 aliphatic rings. The van der Waals surface area contributed by atoms with Crippen LogP contribution in [0.5, 0.6) is 5.75 Å². The lowest BCUT2D eigenvalue weighted by molar-refractivity contribution is -0.137. The number of aliphatic hydroxyl groups excluding tert-OH is 1. The molecule has 1 aromatic carbocycles. The largest absolute Gasteiger partial charge is 0.492 e. The molecule has 0 bridgehead atoms. The summed E-state index contributed by atoms with van der Waals surface area (Å²) in [5.41, 5.74) is 0.537. The highest BCUT2D eigenvalue weighted by Gasteiger charge is 2.30. The lowest BCUT2D eigenvalue weighted by atomic mass is 10.2. The Balaban J connectivity index is 1.59. The van der Waals surface area contributed by atoms with E-state index < -0.39 is 11.7 Å². The molecule has 0 saturated carbocycles. The quantitative estimate of drug-likeness (QED) is 0.518. The summed E-state index contributed by atoms with van der Waals surface area (Å²) in [4.78, 5) is 16.3. The molecule has 3 aromatic rings. The number of benzene rings is 1. The van der Waals surface area contributed by atoms with Gasteiger partial charge in [0.15, 0.2) is 0 Å². The molecule has 2 aromatic heterocycles. The number of aromatic nitrogens is 3. The van der Waals surface area contributed by atoms with Crippen molar-refractivity contribution < 1.29 is 27.8 Å². The van der Waals surface area contributed by atoms with Crippen LogP contribution >= 0.6 is 0 Å². The van der Waals surface area contributed by atoms with Crippen molar-refractivity contribution in [1.29, 1.82) is 0 Å². The van der Waals surface area contributed by atoms with Crippen LogP contribution in [0.1, 0.15) is 17.7 Å². The molecule has 2 heterocycles. The van der Waals surface area contributed by atoms with Crippen molar-refractivity contribution in [3.63, 3.8) is 0 Å². The highest BCUT2D eigenvalue weighted by atomic mass is 19.4. The molecule has 7 nitrogen and oxygen atoms in total. The normalized spacial score (nSPS) is 11.6. The minimum Gasteiger partial charge on any atom is -0.492 e. The Morgan fingerprint density at radius 1 is 1.20 bits per heavy atom. The maximum Gasteiger partial charge on any atom is 0.416 e. The summed E-state index contributed by atoms with van der Waals surface area (Å²) in [7, 11) is 0. The van der Waals surface area contributed by atoms with E-state index >= 15 is 0 Å². The van der Waals surface area contributed by atoms with Gasteiger partial charge in [0.05, 0.1) is 29.7 Å². The Morgan fingerprint density at radius 3 is 2.67 bits per heavy atom. The second-order valence-corrected chi connectivity index (χ2v) is 6.56. The van der Waals surface area contributed by atoms with Crippen molar-refractivity contribution in [3.05, 3.63) is 54.0 Å². The molecule has 0 fully saturated rings. The summed E-state index contributed by atoms with van der Waals surface area (Å²) in [6, 6.07) is 6.23. The zero-order valence-electron chi connectivity index (χ0n) is 16.0. The van der Waals surface area contributed by atoms with Gasteiger partial charge < -0.3 is 15.2 Å². The van der Waals surface area contributed by atoms with Crippen LogP contribution in [0.2, 0.25) is 0 Å². The molecule has 10 heteroatoms. The fraction of sp³-hybridized carbons (Fsp3) is 0.350. The van der Waals surface area contributed by atoms with E-state index in [0.29, 0.717) is 36.5 Å². The number of nitrogens with zero attached hydrogens (tertiary/aromatic N) is 3. The first-order valence-electron chi connectivity index (χ1n) is 9.35. The molecule has 0 saturated heterocycles. The van der Waals surface area contributed by atoms with Gasteiger partial charge in [-0.25, -0.2) is 0 Å². The number of pyridine rings is 1. The van der Waals surface area contributed by atoms with Gasteiger partial charge in [-0.3, -0.25) is 14.5 Å². The van der Waals surface area contributed by atoms with E-state index in [2.05, 4.69) is 15.4 Å². The zero-order chi connectivity index (χ0) is 21.6. The molecule has 0 aliphatic heterocycles. The van der Waals surface area contributed by atoms with Gasteiger partial charge in [0, 0.05) is 30.9 Å². The third kappa shape index (κ3) is 5.69. The molecule has 30 heavy (non-hydrogen) atoms. The van der Waals surface area contributed by atoms with Gasteiger partial charge in [0.1, 0.15) is 12.4 Å². The van der Waals surface area contributed by atoms with Crippen LogP contribution < -0.4 is 10.1 Å². The van der Waals surface area contributed by atoms with Gasteiger partial charge in [0.2, 0.25) is 5.91 Å². The highest BCUT2D eigenvalue weighted by Crippen LogP contribution is 2.30. The first-order chi connectivity index (χ1) is 14.4. The second kappa shape index (κ2) is 9.57. The number of alkyl halides is 3.